The van der Waals surface area contributed by atoms with Crippen LogP contribution >= 0.6 is 0 Å². The number of carboxylic acid groups (broad SMARTS) is 1. The highest BCUT2D eigenvalue weighted by Gasteiger charge is 2.52. The van der Waals surface area contributed by atoms with E-state index in [2.05, 4.69) is 0 Å². The first-order valence-corrected chi connectivity index (χ1v) is 5.70. The number of hydrogen-bond donors (Lipinski definition) is 1. The monoisotopic (exact) mass is 232 g/mol. The van der Waals surface area contributed by atoms with E-state index in [1.807, 2.05) is 32.9 Å². The Morgan fingerprint density at radius 2 is 1.65 bits per heavy atom. The molecule has 1 aromatic rings. The van der Waals surface area contributed by atoms with Crippen molar-refractivity contribution in [2.75, 3.05) is 0 Å². The molecule has 1 aliphatic carbocycles. The number of aryl methyl sites for hydroxylation is 3. The van der Waals surface area contributed by atoms with Crippen LogP contribution in [0.3, 0.4) is 0 Å². The molecular weight excluding hydrogens is 216 g/mol. The van der Waals surface area contributed by atoms with E-state index in [0.717, 1.165) is 22.3 Å². The molecule has 1 aromatic carbocycles. The van der Waals surface area contributed by atoms with E-state index in [0.29, 0.717) is 0 Å². The van der Waals surface area contributed by atoms with Gasteiger partial charge < -0.3 is 5.11 Å². The minimum Gasteiger partial charge on any atom is -0.481 e. The van der Waals surface area contributed by atoms with Gasteiger partial charge in [0.15, 0.2) is 0 Å². The lowest BCUT2D eigenvalue weighted by atomic mass is 9.61. The number of carboxylic acids is 1. The number of carbonyl (C=O) groups is 2. The Hall–Kier alpha value is -1.64. The summed E-state index contributed by atoms with van der Waals surface area (Å²) in [6.07, 6.45) is 0.264. The van der Waals surface area contributed by atoms with Gasteiger partial charge in [0.1, 0.15) is 11.2 Å². The van der Waals surface area contributed by atoms with Crippen molar-refractivity contribution in [3.05, 3.63) is 34.4 Å². The number of ketones is 1. The summed E-state index contributed by atoms with van der Waals surface area (Å²) in [5, 5.41) is 9.42. The van der Waals surface area contributed by atoms with E-state index < -0.39 is 11.4 Å². The maximum atomic E-state index is 11.5. The highest BCUT2D eigenvalue weighted by Crippen LogP contribution is 2.44. The van der Waals surface area contributed by atoms with Crippen LogP contribution in [-0.4, -0.2) is 16.9 Å². The third-order valence-electron chi connectivity index (χ3n) is 3.56. The first-order valence-electron chi connectivity index (χ1n) is 5.70. The van der Waals surface area contributed by atoms with Crippen molar-refractivity contribution in [3.8, 4) is 0 Å². The Morgan fingerprint density at radius 3 is 2.00 bits per heavy atom. The van der Waals surface area contributed by atoms with E-state index in [9.17, 15) is 14.7 Å². The van der Waals surface area contributed by atoms with E-state index in [-0.39, 0.29) is 18.6 Å². The Bertz CT molecular complexity index is 483. The molecule has 3 nitrogen and oxygen atoms in total. The van der Waals surface area contributed by atoms with Crippen LogP contribution in [0.1, 0.15) is 35.1 Å². The molecule has 0 aromatic heterocycles. The lowest BCUT2D eigenvalue weighted by molar-refractivity contribution is -0.153. The molecule has 0 unspecified atom stereocenters. The molecule has 0 amide bonds. The highest BCUT2D eigenvalue weighted by molar-refractivity contribution is 6.01. The Labute approximate surface area is 100 Å². The number of Topliss-reactive ketones (excluding diaryl/α,β-unsaturated/α-hetero) is 1. The summed E-state index contributed by atoms with van der Waals surface area (Å²) in [5.41, 5.74) is 2.92. The lowest BCUT2D eigenvalue weighted by Crippen LogP contribution is -2.49. The average Bonchev–Trinajstić information content (AvgIpc) is 2.12. The maximum absolute atomic E-state index is 11.5. The van der Waals surface area contributed by atoms with Gasteiger partial charge in [-0.05, 0) is 37.5 Å². The number of aliphatic carboxylic acids is 1. The molecule has 0 bridgehead atoms. The Balaban J connectivity index is 2.60. The molecule has 90 valence electrons. The smallest absolute Gasteiger partial charge is 0.315 e. The number of carbonyl (C=O) groups excluding carboxylic acids is 1. The summed E-state index contributed by atoms with van der Waals surface area (Å²) in [7, 11) is 0. The third-order valence-corrected chi connectivity index (χ3v) is 3.56. The summed E-state index contributed by atoms with van der Waals surface area (Å²) in [6, 6.07) is 3.96. The summed E-state index contributed by atoms with van der Waals surface area (Å²) >= 11 is 0. The van der Waals surface area contributed by atoms with Gasteiger partial charge in [-0.2, -0.15) is 0 Å². The molecule has 2 rings (SSSR count). The zero-order chi connectivity index (χ0) is 12.8. The molecular formula is C14H16O3. The average molecular weight is 232 g/mol. The van der Waals surface area contributed by atoms with Crippen molar-refractivity contribution >= 4 is 11.8 Å². The molecule has 1 N–H and O–H groups in total. The van der Waals surface area contributed by atoms with Gasteiger partial charge in [0.25, 0.3) is 0 Å². The molecule has 0 spiro atoms. The van der Waals surface area contributed by atoms with Gasteiger partial charge in [-0.1, -0.05) is 17.7 Å². The number of rotatable bonds is 2. The predicted molar refractivity (Wildman–Crippen MR) is 64.2 cm³/mol. The second-order valence-electron chi connectivity index (χ2n) is 5.05. The van der Waals surface area contributed by atoms with E-state index in [4.69, 9.17) is 0 Å². The zero-order valence-electron chi connectivity index (χ0n) is 10.3. The second kappa shape index (κ2) is 3.69. The van der Waals surface area contributed by atoms with Crippen molar-refractivity contribution in [1.29, 1.82) is 0 Å². The highest BCUT2D eigenvalue weighted by atomic mass is 16.4. The molecule has 0 aliphatic heterocycles. The van der Waals surface area contributed by atoms with Crippen LogP contribution in [0.2, 0.25) is 0 Å². The summed E-state index contributed by atoms with van der Waals surface area (Å²) < 4.78 is 0. The quantitative estimate of drug-likeness (QED) is 0.851. The fourth-order valence-electron chi connectivity index (χ4n) is 2.99. The fourth-order valence-corrected chi connectivity index (χ4v) is 2.99. The van der Waals surface area contributed by atoms with Crippen LogP contribution in [0.5, 0.6) is 0 Å². The van der Waals surface area contributed by atoms with Gasteiger partial charge in [0.05, 0.1) is 0 Å². The van der Waals surface area contributed by atoms with Gasteiger partial charge in [0, 0.05) is 12.8 Å². The molecule has 0 saturated heterocycles. The van der Waals surface area contributed by atoms with E-state index >= 15 is 0 Å². The minimum atomic E-state index is -0.973. The van der Waals surface area contributed by atoms with Crippen molar-refractivity contribution in [1.82, 2.24) is 0 Å². The Kier molecular flexibility index (Phi) is 2.57. The zero-order valence-corrected chi connectivity index (χ0v) is 10.3. The molecule has 3 heteroatoms. The summed E-state index contributed by atoms with van der Waals surface area (Å²) in [6.45, 7) is 5.83. The van der Waals surface area contributed by atoms with Crippen molar-refractivity contribution in [2.24, 2.45) is 0 Å². The molecule has 1 fully saturated rings. The summed E-state index contributed by atoms with van der Waals surface area (Å²) in [4.78, 5) is 22.7. The van der Waals surface area contributed by atoms with E-state index in [1.165, 1.54) is 0 Å². The third kappa shape index (κ3) is 1.66. The normalized spacial score (nSPS) is 17.7. The molecule has 1 saturated carbocycles. The molecule has 17 heavy (non-hydrogen) atoms. The first-order chi connectivity index (χ1) is 7.86. The van der Waals surface area contributed by atoms with Crippen LogP contribution in [0.4, 0.5) is 0 Å². The fraction of sp³-hybridized carbons (Fsp3) is 0.429. The lowest BCUT2D eigenvalue weighted by Gasteiger charge is -2.38. The van der Waals surface area contributed by atoms with Crippen molar-refractivity contribution < 1.29 is 14.7 Å². The van der Waals surface area contributed by atoms with Crippen LogP contribution in [0.15, 0.2) is 12.1 Å². The first kappa shape index (κ1) is 11.8. The van der Waals surface area contributed by atoms with Gasteiger partial charge in [0.2, 0.25) is 0 Å². The molecule has 0 heterocycles. The SMILES string of the molecule is Cc1cc(C)c(C2(C(=O)O)CC(=O)C2)c(C)c1. The van der Waals surface area contributed by atoms with Crippen LogP contribution in [0.25, 0.3) is 0 Å². The predicted octanol–water partition coefficient (Wildman–Crippen LogP) is 2.30. The largest absolute Gasteiger partial charge is 0.481 e. The molecule has 0 atom stereocenters. The standard InChI is InChI=1S/C14H16O3/c1-8-4-9(2)12(10(3)5-8)14(13(16)17)6-11(15)7-14/h4-5H,6-7H2,1-3H3,(H,16,17). The van der Waals surface area contributed by atoms with Crippen molar-refractivity contribution in [3.63, 3.8) is 0 Å². The topological polar surface area (TPSA) is 54.4 Å². The second-order valence-corrected chi connectivity index (χ2v) is 5.05. The van der Waals surface area contributed by atoms with Crippen LogP contribution < -0.4 is 0 Å². The number of hydrogen-bond acceptors (Lipinski definition) is 2. The van der Waals surface area contributed by atoms with Gasteiger partial charge in [-0.15, -0.1) is 0 Å². The Morgan fingerprint density at radius 1 is 1.18 bits per heavy atom. The van der Waals surface area contributed by atoms with Crippen LogP contribution in [-0.2, 0) is 15.0 Å². The van der Waals surface area contributed by atoms with Gasteiger partial charge >= 0.3 is 5.97 Å². The maximum Gasteiger partial charge on any atom is 0.315 e. The van der Waals surface area contributed by atoms with Gasteiger partial charge in [-0.3, -0.25) is 9.59 Å². The molecule has 0 radical (unpaired) electrons. The number of benzene rings is 1. The summed E-state index contributed by atoms with van der Waals surface area (Å²) in [5.74, 6) is -0.848. The minimum absolute atomic E-state index is 0.0341. The van der Waals surface area contributed by atoms with E-state index in [1.54, 1.807) is 0 Å². The molecule has 1 aliphatic rings. The van der Waals surface area contributed by atoms with Gasteiger partial charge in [-0.25, -0.2) is 0 Å². The van der Waals surface area contributed by atoms with Crippen molar-refractivity contribution in [2.45, 2.75) is 39.0 Å². The van der Waals surface area contributed by atoms with Crippen LogP contribution in [0, 0.1) is 20.8 Å².